The Morgan fingerprint density at radius 1 is 1.12 bits per heavy atom. The number of hydrogen-bond acceptors (Lipinski definition) is 3. The molecule has 1 saturated carbocycles. The lowest BCUT2D eigenvalue weighted by molar-refractivity contribution is 0.0983. The molecule has 1 saturated heterocycles. The normalized spacial score (nSPS) is 29.8. The Bertz CT molecular complexity index is 861. The second kappa shape index (κ2) is 5.67. The van der Waals surface area contributed by atoms with E-state index in [1.165, 1.54) is 54.5 Å². The Morgan fingerprint density at radius 3 is 2.85 bits per heavy atom. The summed E-state index contributed by atoms with van der Waals surface area (Å²) in [5.74, 6) is 1.12. The summed E-state index contributed by atoms with van der Waals surface area (Å²) in [6.45, 7) is 3.20. The summed E-state index contributed by atoms with van der Waals surface area (Å²) in [6, 6.07) is 13.2. The van der Waals surface area contributed by atoms with Crippen LogP contribution in [0.4, 0.5) is 11.4 Å². The molecule has 0 unspecified atom stereocenters. The Balaban J connectivity index is 1.61. The van der Waals surface area contributed by atoms with Gasteiger partial charge in [-0.2, -0.15) is 0 Å². The first kappa shape index (κ1) is 16.0. The molecule has 5 rings (SSSR count). The summed E-state index contributed by atoms with van der Waals surface area (Å²) in [5.41, 5.74) is 12.6. The number of aryl methyl sites for hydroxylation is 1. The summed E-state index contributed by atoms with van der Waals surface area (Å²) in [5, 5.41) is 10.1. The topological polar surface area (TPSA) is 49.5 Å². The number of rotatable bonds is 1. The second-order valence-electron chi connectivity index (χ2n) is 8.61. The zero-order valence-electron chi connectivity index (χ0n) is 15.5. The van der Waals surface area contributed by atoms with E-state index < -0.39 is 0 Å². The molecule has 1 heterocycles. The molecule has 3 aliphatic rings. The molecule has 0 amide bonds. The number of anilines is 2. The number of phenols is 1. The first-order valence-corrected chi connectivity index (χ1v) is 10.0. The van der Waals surface area contributed by atoms with Crippen molar-refractivity contribution in [3.8, 4) is 5.75 Å². The highest BCUT2D eigenvalue weighted by Crippen LogP contribution is 2.56. The van der Waals surface area contributed by atoms with E-state index >= 15 is 0 Å². The quantitative estimate of drug-likeness (QED) is 0.744. The van der Waals surface area contributed by atoms with Crippen molar-refractivity contribution in [3.05, 3.63) is 53.1 Å². The van der Waals surface area contributed by atoms with E-state index in [4.69, 9.17) is 5.73 Å². The van der Waals surface area contributed by atoms with E-state index in [-0.39, 0.29) is 5.41 Å². The van der Waals surface area contributed by atoms with Crippen molar-refractivity contribution >= 4 is 11.4 Å². The molecule has 2 fully saturated rings. The predicted octanol–water partition coefficient (Wildman–Crippen LogP) is 4.55. The van der Waals surface area contributed by atoms with Crippen LogP contribution >= 0.6 is 0 Å². The zero-order valence-corrected chi connectivity index (χ0v) is 15.5. The number of nitrogens with zero attached hydrogens (tertiary/aromatic N) is 1. The summed E-state index contributed by atoms with van der Waals surface area (Å²) < 4.78 is 0. The summed E-state index contributed by atoms with van der Waals surface area (Å²) in [4.78, 5) is 2.65. The second-order valence-corrected chi connectivity index (χ2v) is 8.61. The fraction of sp³-hybridized carbons (Fsp3) is 0.478. The number of nitrogen functional groups attached to an aromatic ring is 1. The van der Waals surface area contributed by atoms with Gasteiger partial charge in [-0.1, -0.05) is 18.9 Å². The molecule has 136 valence electrons. The monoisotopic (exact) mass is 348 g/mol. The molecule has 3 nitrogen and oxygen atoms in total. The predicted molar refractivity (Wildman–Crippen MR) is 107 cm³/mol. The smallest absolute Gasteiger partial charge is 0.115 e. The minimum Gasteiger partial charge on any atom is -0.508 e. The van der Waals surface area contributed by atoms with Crippen molar-refractivity contribution < 1.29 is 5.11 Å². The number of piperidine rings is 1. The Kier molecular flexibility index (Phi) is 3.50. The van der Waals surface area contributed by atoms with Gasteiger partial charge in [0, 0.05) is 29.4 Å². The van der Waals surface area contributed by atoms with Gasteiger partial charge in [0.05, 0.1) is 0 Å². The minimum absolute atomic E-state index is 0.272. The van der Waals surface area contributed by atoms with E-state index in [9.17, 15) is 5.11 Å². The fourth-order valence-electron chi connectivity index (χ4n) is 6.15. The molecule has 3 heteroatoms. The maximum Gasteiger partial charge on any atom is 0.115 e. The van der Waals surface area contributed by atoms with E-state index in [1.54, 1.807) is 0 Å². The van der Waals surface area contributed by atoms with Crippen molar-refractivity contribution in [1.29, 1.82) is 0 Å². The molecule has 2 bridgehead atoms. The zero-order chi connectivity index (χ0) is 17.9. The van der Waals surface area contributed by atoms with E-state index in [2.05, 4.69) is 42.2 Å². The SMILES string of the molecule is Cc1cc(N2CC[C@@]34CCCC[C@@H]3[C@@H]2Cc2ccc(O)cc24)ccc1N. The molecule has 2 aliphatic carbocycles. The molecule has 26 heavy (non-hydrogen) atoms. The molecule has 3 N–H and O–H groups in total. The lowest BCUT2D eigenvalue weighted by Crippen LogP contribution is -2.61. The van der Waals surface area contributed by atoms with Gasteiger partial charge in [0.1, 0.15) is 5.75 Å². The maximum atomic E-state index is 10.1. The molecule has 0 spiro atoms. The summed E-state index contributed by atoms with van der Waals surface area (Å²) >= 11 is 0. The van der Waals surface area contributed by atoms with Gasteiger partial charge in [-0.25, -0.2) is 0 Å². The number of benzene rings is 2. The fourth-order valence-corrected chi connectivity index (χ4v) is 6.15. The van der Waals surface area contributed by atoms with Crippen LogP contribution in [0, 0.1) is 12.8 Å². The highest BCUT2D eigenvalue weighted by Gasteiger charge is 2.53. The van der Waals surface area contributed by atoms with Crippen LogP contribution in [0.25, 0.3) is 0 Å². The van der Waals surface area contributed by atoms with Gasteiger partial charge in [0.25, 0.3) is 0 Å². The number of phenolic OH excluding ortho intramolecular Hbond substituents is 1. The number of nitrogens with two attached hydrogens (primary N) is 1. The molecule has 0 aromatic heterocycles. The Morgan fingerprint density at radius 2 is 2.00 bits per heavy atom. The van der Waals surface area contributed by atoms with Crippen LogP contribution in [0.2, 0.25) is 0 Å². The van der Waals surface area contributed by atoms with Gasteiger partial charge in [0.2, 0.25) is 0 Å². The largest absolute Gasteiger partial charge is 0.508 e. The highest BCUT2D eigenvalue weighted by atomic mass is 16.3. The summed E-state index contributed by atoms with van der Waals surface area (Å²) in [7, 11) is 0. The van der Waals surface area contributed by atoms with Gasteiger partial charge in [-0.15, -0.1) is 0 Å². The van der Waals surface area contributed by atoms with E-state index in [1.807, 2.05) is 6.07 Å². The van der Waals surface area contributed by atoms with Gasteiger partial charge in [-0.3, -0.25) is 0 Å². The van der Waals surface area contributed by atoms with Crippen molar-refractivity contribution in [1.82, 2.24) is 0 Å². The van der Waals surface area contributed by atoms with Crippen molar-refractivity contribution in [3.63, 3.8) is 0 Å². The van der Waals surface area contributed by atoms with Gasteiger partial charge in [-0.05, 0) is 85.5 Å². The molecular formula is C23H28N2O. The van der Waals surface area contributed by atoms with Gasteiger partial charge in [0.15, 0.2) is 0 Å². The molecule has 2 aromatic carbocycles. The average Bonchev–Trinajstić information content (AvgIpc) is 2.65. The maximum absolute atomic E-state index is 10.1. The van der Waals surface area contributed by atoms with E-state index in [0.29, 0.717) is 17.7 Å². The highest BCUT2D eigenvalue weighted by molar-refractivity contribution is 5.60. The molecule has 2 aromatic rings. The third-order valence-corrected chi connectivity index (χ3v) is 7.41. The molecular weight excluding hydrogens is 320 g/mol. The van der Waals surface area contributed by atoms with E-state index in [0.717, 1.165) is 18.7 Å². The first-order valence-electron chi connectivity index (χ1n) is 10.0. The third-order valence-electron chi connectivity index (χ3n) is 7.41. The summed E-state index contributed by atoms with van der Waals surface area (Å²) in [6.07, 6.45) is 7.52. The number of aromatic hydroxyl groups is 1. The Hall–Kier alpha value is -2.16. The standard InChI is InChI=1S/C23H28N2O/c1-15-12-17(6-8-21(15)24)25-11-10-23-9-3-2-4-19(23)22(25)13-16-5-7-18(26)14-20(16)23/h5-8,12,14,19,22,26H,2-4,9-11,13,24H2,1H3/t19-,22+,23+/m1/s1. The van der Waals surface area contributed by atoms with Crippen LogP contribution < -0.4 is 10.6 Å². The molecule has 1 aliphatic heterocycles. The van der Waals surface area contributed by atoms with Crippen LogP contribution in [-0.2, 0) is 11.8 Å². The van der Waals surface area contributed by atoms with Crippen molar-refractivity contribution in [2.24, 2.45) is 5.92 Å². The number of fused-ring (bicyclic) bond motifs is 1. The van der Waals surface area contributed by atoms with Crippen LogP contribution in [0.15, 0.2) is 36.4 Å². The van der Waals surface area contributed by atoms with Crippen LogP contribution in [0.5, 0.6) is 5.75 Å². The lowest BCUT2D eigenvalue weighted by atomic mass is 9.52. The average molecular weight is 348 g/mol. The Labute approximate surface area is 155 Å². The number of hydrogen-bond donors (Lipinski definition) is 2. The minimum atomic E-state index is 0.272. The van der Waals surface area contributed by atoms with Gasteiger partial charge < -0.3 is 15.7 Å². The van der Waals surface area contributed by atoms with Crippen LogP contribution in [0.3, 0.4) is 0 Å². The first-order chi connectivity index (χ1) is 12.6. The van der Waals surface area contributed by atoms with Gasteiger partial charge >= 0.3 is 0 Å². The third kappa shape index (κ3) is 2.19. The lowest BCUT2D eigenvalue weighted by Gasteiger charge is -2.59. The molecule has 3 atom stereocenters. The molecule has 0 radical (unpaired) electrons. The van der Waals surface area contributed by atoms with Crippen molar-refractivity contribution in [2.75, 3.05) is 17.2 Å². The van der Waals surface area contributed by atoms with Crippen molar-refractivity contribution in [2.45, 2.75) is 56.9 Å². The van der Waals surface area contributed by atoms with Crippen LogP contribution in [-0.4, -0.2) is 17.7 Å². The van der Waals surface area contributed by atoms with Crippen LogP contribution in [0.1, 0.15) is 48.8 Å².